The predicted molar refractivity (Wildman–Crippen MR) is 85.6 cm³/mol. The molecular weight excluding hydrogens is 236 g/mol. The van der Waals surface area contributed by atoms with Gasteiger partial charge in [0.25, 0.3) is 0 Å². The molecule has 0 aliphatic rings. The van der Waals surface area contributed by atoms with Gasteiger partial charge in [-0.15, -0.1) is 0 Å². The fraction of sp³-hybridized carbons (Fsp3) is 0.875. The molecule has 0 aliphatic carbocycles. The molecule has 0 aromatic heterocycles. The molecule has 1 unspecified atom stereocenters. The molecule has 0 bridgehead atoms. The van der Waals surface area contributed by atoms with Gasteiger partial charge in [-0.3, -0.25) is 0 Å². The molecule has 1 nitrogen and oxygen atoms in total. The topological polar surface area (TPSA) is 9.23 Å². The zero-order chi connectivity index (χ0) is 14.0. The first-order valence-corrected chi connectivity index (χ1v) is 10.3. The summed E-state index contributed by atoms with van der Waals surface area (Å²) < 4.78 is 6.30. The summed E-state index contributed by atoms with van der Waals surface area (Å²) in [4.78, 5) is 0. The van der Waals surface area contributed by atoms with Crippen LogP contribution in [0.15, 0.2) is 11.6 Å². The second-order valence-corrected chi connectivity index (χ2v) is 10.6. The van der Waals surface area contributed by atoms with Crippen LogP contribution in [-0.4, -0.2) is 14.9 Å². The molecule has 0 saturated heterocycles. The van der Waals surface area contributed by atoms with E-state index in [0.29, 0.717) is 0 Å². The molecule has 0 aromatic rings. The fourth-order valence-electron chi connectivity index (χ4n) is 2.33. The Kier molecular flexibility index (Phi) is 9.75. The second kappa shape index (κ2) is 9.80. The molecule has 0 fully saturated rings. The van der Waals surface area contributed by atoms with E-state index in [2.05, 4.69) is 47.6 Å². The first-order valence-electron chi connectivity index (χ1n) is 7.77. The average Bonchev–Trinajstić information content (AvgIpc) is 2.35. The Hall–Kier alpha value is -0.0831. The fourth-order valence-corrected chi connectivity index (χ4v) is 5.00. The minimum Gasteiger partial charge on any atom is -0.417 e. The van der Waals surface area contributed by atoms with Crippen LogP contribution in [0.25, 0.3) is 0 Å². The predicted octanol–water partition coefficient (Wildman–Crippen LogP) is 5.78. The van der Waals surface area contributed by atoms with Gasteiger partial charge in [-0.05, 0) is 57.2 Å². The Balaban J connectivity index is 3.85. The average molecular weight is 271 g/mol. The normalized spacial score (nSPS) is 13.4. The lowest BCUT2D eigenvalue weighted by Gasteiger charge is -2.28. The van der Waals surface area contributed by atoms with Crippen LogP contribution in [0.1, 0.15) is 60.8 Å². The quantitative estimate of drug-likeness (QED) is 0.361. The maximum atomic E-state index is 6.30. The Bertz CT molecular complexity index is 219. The van der Waals surface area contributed by atoms with Gasteiger partial charge in [-0.25, -0.2) is 0 Å². The van der Waals surface area contributed by atoms with Crippen molar-refractivity contribution in [3.8, 4) is 0 Å². The van der Waals surface area contributed by atoms with Crippen LogP contribution in [0.5, 0.6) is 0 Å². The zero-order valence-corrected chi connectivity index (χ0v) is 14.5. The van der Waals surface area contributed by atoms with E-state index in [1.54, 1.807) is 0 Å². The standard InChI is InChI=1S/C16H34OSi/c1-7-18(8-2,9-3)17-14-13-16(6)12-10-11-15(4)5/h11,16H,7-10,12-14H2,1-6H3. The van der Waals surface area contributed by atoms with Crippen molar-refractivity contribution in [2.75, 3.05) is 6.61 Å². The molecule has 0 aliphatic heterocycles. The van der Waals surface area contributed by atoms with Gasteiger partial charge in [-0.1, -0.05) is 39.3 Å². The maximum absolute atomic E-state index is 6.30. The monoisotopic (exact) mass is 270 g/mol. The highest BCUT2D eigenvalue weighted by molar-refractivity contribution is 6.73. The van der Waals surface area contributed by atoms with Gasteiger partial charge in [0.15, 0.2) is 8.32 Å². The van der Waals surface area contributed by atoms with Crippen molar-refractivity contribution in [1.29, 1.82) is 0 Å². The summed E-state index contributed by atoms with van der Waals surface area (Å²) in [7, 11) is -1.35. The zero-order valence-electron chi connectivity index (χ0n) is 13.5. The van der Waals surface area contributed by atoms with Crippen molar-refractivity contribution in [2.24, 2.45) is 5.92 Å². The highest BCUT2D eigenvalue weighted by Gasteiger charge is 2.28. The minimum absolute atomic E-state index is 0.790. The van der Waals surface area contributed by atoms with Gasteiger partial charge in [0, 0.05) is 6.61 Å². The van der Waals surface area contributed by atoms with Gasteiger partial charge in [0.1, 0.15) is 0 Å². The van der Waals surface area contributed by atoms with E-state index in [-0.39, 0.29) is 0 Å². The number of hydrogen-bond donors (Lipinski definition) is 0. The summed E-state index contributed by atoms with van der Waals surface area (Å²) in [6, 6.07) is 3.81. The summed E-state index contributed by atoms with van der Waals surface area (Å²) >= 11 is 0. The molecule has 2 heteroatoms. The molecule has 0 amide bonds. The summed E-state index contributed by atoms with van der Waals surface area (Å²) in [6.45, 7) is 14.6. The molecular formula is C16H34OSi. The van der Waals surface area contributed by atoms with Crippen LogP contribution in [0.3, 0.4) is 0 Å². The first-order chi connectivity index (χ1) is 8.49. The van der Waals surface area contributed by atoms with Crippen LogP contribution in [0.4, 0.5) is 0 Å². The third-order valence-corrected chi connectivity index (χ3v) is 8.85. The van der Waals surface area contributed by atoms with E-state index in [1.807, 2.05) is 0 Å². The van der Waals surface area contributed by atoms with E-state index in [1.165, 1.54) is 43.0 Å². The van der Waals surface area contributed by atoms with Crippen molar-refractivity contribution in [2.45, 2.75) is 78.9 Å². The van der Waals surface area contributed by atoms with Gasteiger partial charge in [-0.2, -0.15) is 0 Å². The Morgan fingerprint density at radius 2 is 1.61 bits per heavy atom. The van der Waals surface area contributed by atoms with E-state index in [4.69, 9.17) is 4.43 Å². The Morgan fingerprint density at radius 1 is 1.06 bits per heavy atom. The number of rotatable bonds is 10. The molecule has 0 spiro atoms. The van der Waals surface area contributed by atoms with E-state index < -0.39 is 8.32 Å². The van der Waals surface area contributed by atoms with Crippen LogP contribution in [0.2, 0.25) is 18.1 Å². The van der Waals surface area contributed by atoms with Crippen molar-refractivity contribution in [3.63, 3.8) is 0 Å². The van der Waals surface area contributed by atoms with Gasteiger partial charge in [0.05, 0.1) is 0 Å². The third kappa shape index (κ3) is 7.37. The van der Waals surface area contributed by atoms with Crippen molar-refractivity contribution < 1.29 is 4.43 Å². The highest BCUT2D eigenvalue weighted by Crippen LogP contribution is 2.22. The third-order valence-electron chi connectivity index (χ3n) is 4.16. The molecule has 0 saturated carbocycles. The molecule has 108 valence electrons. The summed E-state index contributed by atoms with van der Waals surface area (Å²) in [6.07, 6.45) is 6.10. The van der Waals surface area contributed by atoms with Gasteiger partial charge < -0.3 is 4.43 Å². The summed E-state index contributed by atoms with van der Waals surface area (Å²) in [5.41, 5.74) is 1.44. The van der Waals surface area contributed by atoms with Crippen molar-refractivity contribution >= 4 is 8.32 Å². The summed E-state index contributed by atoms with van der Waals surface area (Å²) in [5.74, 6) is 0.790. The second-order valence-electron chi connectivity index (χ2n) is 5.84. The minimum atomic E-state index is -1.35. The molecule has 0 N–H and O–H groups in total. The molecule has 18 heavy (non-hydrogen) atoms. The Morgan fingerprint density at radius 3 is 2.06 bits per heavy atom. The van der Waals surface area contributed by atoms with E-state index in [0.717, 1.165) is 12.5 Å². The molecule has 0 aromatic carbocycles. The summed E-state index contributed by atoms with van der Waals surface area (Å²) in [5, 5.41) is 0. The van der Waals surface area contributed by atoms with E-state index in [9.17, 15) is 0 Å². The lowest BCUT2D eigenvalue weighted by Crippen LogP contribution is -2.36. The Labute approximate surface area is 116 Å². The molecule has 0 radical (unpaired) electrons. The highest BCUT2D eigenvalue weighted by atomic mass is 28.4. The van der Waals surface area contributed by atoms with Crippen molar-refractivity contribution in [1.82, 2.24) is 0 Å². The van der Waals surface area contributed by atoms with Crippen LogP contribution in [-0.2, 0) is 4.43 Å². The van der Waals surface area contributed by atoms with Crippen LogP contribution < -0.4 is 0 Å². The SMILES string of the molecule is CC[Si](CC)(CC)OCCC(C)CCC=C(C)C. The van der Waals surface area contributed by atoms with Crippen LogP contribution >= 0.6 is 0 Å². The smallest absolute Gasteiger partial charge is 0.191 e. The van der Waals surface area contributed by atoms with Crippen molar-refractivity contribution in [3.05, 3.63) is 11.6 Å². The van der Waals surface area contributed by atoms with Crippen LogP contribution in [0, 0.1) is 5.92 Å². The van der Waals surface area contributed by atoms with Gasteiger partial charge in [0.2, 0.25) is 0 Å². The van der Waals surface area contributed by atoms with Gasteiger partial charge >= 0.3 is 0 Å². The molecule has 1 atom stereocenters. The lowest BCUT2D eigenvalue weighted by molar-refractivity contribution is 0.265. The number of allylic oxidation sites excluding steroid dienone is 2. The van der Waals surface area contributed by atoms with E-state index >= 15 is 0 Å². The lowest BCUT2D eigenvalue weighted by atomic mass is 10.0. The molecule has 0 heterocycles. The largest absolute Gasteiger partial charge is 0.417 e. The number of hydrogen-bond acceptors (Lipinski definition) is 1. The maximum Gasteiger partial charge on any atom is 0.191 e. The first kappa shape index (κ1) is 17.9. The molecule has 0 rings (SSSR count).